The van der Waals surface area contributed by atoms with Crippen LogP contribution in [0, 0.1) is 11.8 Å². The second kappa shape index (κ2) is 15.8. The Morgan fingerprint density at radius 2 is 1.71 bits per heavy atom. The van der Waals surface area contributed by atoms with Gasteiger partial charge in [-0.15, -0.1) is 0 Å². The van der Waals surface area contributed by atoms with Crippen molar-refractivity contribution in [1.29, 1.82) is 0 Å². The molecule has 6 heteroatoms. The van der Waals surface area contributed by atoms with E-state index in [0.717, 1.165) is 43.9 Å². The van der Waals surface area contributed by atoms with Gasteiger partial charge in [-0.3, -0.25) is 4.99 Å². The van der Waals surface area contributed by atoms with Crippen LogP contribution in [0.5, 0.6) is 0 Å². The van der Waals surface area contributed by atoms with Crippen molar-refractivity contribution >= 4 is 24.1 Å². The van der Waals surface area contributed by atoms with Crippen molar-refractivity contribution in [3.05, 3.63) is 71.8 Å². The number of aryl methyl sites for hydroxylation is 1. The zero-order valence-corrected chi connectivity index (χ0v) is 26.5. The van der Waals surface area contributed by atoms with E-state index in [9.17, 15) is 4.79 Å². The molecule has 3 unspecified atom stereocenters. The molecule has 4 rings (SSSR count). The van der Waals surface area contributed by atoms with Crippen molar-refractivity contribution in [2.24, 2.45) is 16.8 Å². The summed E-state index contributed by atoms with van der Waals surface area (Å²) in [5.41, 5.74) is 1.88. The van der Waals surface area contributed by atoms with Gasteiger partial charge in [0.05, 0.1) is 19.5 Å². The Kier molecular flexibility index (Phi) is 12.2. The predicted molar refractivity (Wildman–Crippen MR) is 174 cm³/mol. The Balaban J connectivity index is 1.41. The number of ether oxygens (including phenoxy) is 1. The van der Waals surface area contributed by atoms with Gasteiger partial charge >= 0.3 is 5.97 Å². The maximum absolute atomic E-state index is 13.5. The predicted octanol–water partition coefficient (Wildman–Crippen LogP) is 7.10. The number of hydrogen-bond donors (Lipinski definition) is 0. The minimum atomic E-state index is -0.833. The fraction of sp³-hybridized carbons (Fsp3) is 0.600. The largest absolute Gasteiger partial charge is 0.467 e. The normalized spacial score (nSPS) is 25.0. The highest BCUT2D eigenvalue weighted by Gasteiger charge is 2.52. The van der Waals surface area contributed by atoms with Gasteiger partial charge in [0.15, 0.2) is 5.54 Å². The van der Waals surface area contributed by atoms with E-state index in [1.54, 1.807) is 11.8 Å². The van der Waals surface area contributed by atoms with E-state index in [0.29, 0.717) is 17.7 Å². The zero-order valence-electron chi connectivity index (χ0n) is 25.7. The minimum absolute atomic E-state index is 0.0639. The van der Waals surface area contributed by atoms with Crippen molar-refractivity contribution in [1.82, 2.24) is 9.80 Å². The number of benzene rings is 2. The molecular weight excluding hydrogens is 526 g/mol. The molecule has 3 atom stereocenters. The van der Waals surface area contributed by atoms with Crippen LogP contribution in [0.25, 0.3) is 0 Å². The van der Waals surface area contributed by atoms with Crippen LogP contribution in [-0.2, 0) is 21.7 Å². The summed E-state index contributed by atoms with van der Waals surface area (Å²) in [6.45, 7) is 3.18. The van der Waals surface area contributed by atoms with Crippen molar-refractivity contribution < 1.29 is 9.53 Å². The lowest BCUT2D eigenvalue weighted by molar-refractivity contribution is -0.147. The van der Waals surface area contributed by atoms with Crippen LogP contribution in [0.2, 0.25) is 0 Å². The molecular formula is C35H51N3O2S. The molecule has 41 heavy (non-hydrogen) atoms. The lowest BCUT2D eigenvalue weighted by atomic mass is 9.73. The standard InChI is InChI=1S/C35H51N3O2S/c1-5-6-23-38-27-36-35(34(39)40-4,26-41-25-30-15-11-8-12-16-30)33(38)24-29-17-20-31(21-18-29)32(37(2)3)22-19-28-13-9-7-10-14-28/h7-16,27,29,31-33H,5-6,17-26H2,1-4H3. The van der Waals surface area contributed by atoms with Crippen molar-refractivity contribution in [2.75, 3.05) is 33.5 Å². The molecule has 1 aliphatic heterocycles. The number of thioether (sulfide) groups is 1. The first-order valence-corrected chi connectivity index (χ1v) is 16.8. The van der Waals surface area contributed by atoms with Gasteiger partial charge < -0.3 is 14.5 Å². The summed E-state index contributed by atoms with van der Waals surface area (Å²) >= 11 is 1.80. The molecule has 1 heterocycles. The van der Waals surface area contributed by atoms with Gasteiger partial charge in [0.2, 0.25) is 0 Å². The monoisotopic (exact) mass is 577 g/mol. The van der Waals surface area contributed by atoms with E-state index >= 15 is 0 Å². The highest BCUT2D eigenvalue weighted by atomic mass is 32.2. The number of carbonyl (C=O) groups is 1. The Morgan fingerprint density at radius 3 is 2.32 bits per heavy atom. The first-order chi connectivity index (χ1) is 20.0. The molecule has 0 radical (unpaired) electrons. The quantitative estimate of drug-likeness (QED) is 0.211. The number of methoxy groups -OCH3 is 1. The molecule has 0 amide bonds. The fourth-order valence-electron chi connectivity index (χ4n) is 6.96. The highest BCUT2D eigenvalue weighted by molar-refractivity contribution is 7.98. The molecule has 0 aromatic heterocycles. The summed E-state index contributed by atoms with van der Waals surface area (Å²) in [5.74, 6) is 2.68. The third kappa shape index (κ3) is 8.38. The molecule has 0 N–H and O–H groups in total. The molecule has 0 bridgehead atoms. The van der Waals surface area contributed by atoms with Crippen LogP contribution in [0.1, 0.15) is 69.4 Å². The van der Waals surface area contributed by atoms with Crippen molar-refractivity contribution in [3.8, 4) is 0 Å². The summed E-state index contributed by atoms with van der Waals surface area (Å²) in [6.07, 6.45) is 12.5. The second-order valence-corrected chi connectivity index (χ2v) is 13.3. The zero-order chi connectivity index (χ0) is 29.1. The van der Waals surface area contributed by atoms with Gasteiger partial charge in [0.25, 0.3) is 0 Å². The van der Waals surface area contributed by atoms with E-state index in [1.807, 2.05) is 12.4 Å². The Bertz CT molecular complexity index is 1070. The van der Waals surface area contributed by atoms with Crippen LogP contribution >= 0.6 is 11.8 Å². The summed E-state index contributed by atoms with van der Waals surface area (Å²) in [4.78, 5) is 23.3. The number of aliphatic imine (C=N–C) groups is 1. The lowest BCUT2D eigenvalue weighted by Gasteiger charge is -2.41. The van der Waals surface area contributed by atoms with E-state index in [2.05, 4.69) is 85.4 Å². The summed E-state index contributed by atoms with van der Waals surface area (Å²) in [6, 6.07) is 22.1. The third-order valence-corrected chi connectivity index (χ3v) is 10.5. The molecule has 224 valence electrons. The van der Waals surface area contributed by atoms with Gasteiger partial charge in [-0.05, 0) is 75.6 Å². The van der Waals surface area contributed by atoms with Crippen molar-refractivity contribution in [3.63, 3.8) is 0 Å². The van der Waals surface area contributed by atoms with E-state index in [-0.39, 0.29) is 12.0 Å². The number of hydrogen-bond acceptors (Lipinski definition) is 6. The SMILES string of the molecule is CCCCN1C=NC(CSCc2ccccc2)(C(=O)OC)C1CC1CCC(C(CCc2ccccc2)N(C)C)CC1. The Labute approximate surface area is 253 Å². The van der Waals surface area contributed by atoms with Crippen molar-refractivity contribution in [2.45, 2.75) is 88.1 Å². The molecule has 0 saturated heterocycles. The van der Waals surface area contributed by atoms with Crippen LogP contribution in [0.4, 0.5) is 0 Å². The lowest BCUT2D eigenvalue weighted by Crippen LogP contribution is -2.54. The van der Waals surface area contributed by atoms with E-state index < -0.39 is 5.54 Å². The van der Waals surface area contributed by atoms with Gasteiger partial charge in [0, 0.05) is 24.1 Å². The molecule has 1 fully saturated rings. The molecule has 1 saturated carbocycles. The summed E-state index contributed by atoms with van der Waals surface area (Å²) in [7, 11) is 6.03. The average molecular weight is 578 g/mol. The Hall–Kier alpha value is -2.31. The average Bonchev–Trinajstić information content (AvgIpc) is 3.35. The number of esters is 1. The molecule has 2 aromatic rings. The first kappa shape index (κ1) is 31.6. The van der Waals surface area contributed by atoms with Gasteiger partial charge in [-0.25, -0.2) is 4.79 Å². The van der Waals surface area contributed by atoms with Crippen LogP contribution in [-0.4, -0.2) is 73.2 Å². The molecule has 1 aliphatic carbocycles. The third-order valence-electron chi connectivity index (χ3n) is 9.36. The maximum Gasteiger partial charge on any atom is 0.336 e. The van der Waals surface area contributed by atoms with Crippen LogP contribution in [0.15, 0.2) is 65.7 Å². The fourth-order valence-corrected chi connectivity index (χ4v) is 8.18. The smallest absolute Gasteiger partial charge is 0.336 e. The van der Waals surface area contributed by atoms with Crippen LogP contribution < -0.4 is 0 Å². The number of carbonyl (C=O) groups excluding carboxylic acids is 1. The highest BCUT2D eigenvalue weighted by Crippen LogP contribution is 2.41. The molecule has 5 nitrogen and oxygen atoms in total. The molecule has 2 aromatic carbocycles. The van der Waals surface area contributed by atoms with Crippen LogP contribution in [0.3, 0.4) is 0 Å². The Morgan fingerprint density at radius 1 is 1.05 bits per heavy atom. The van der Waals surface area contributed by atoms with Gasteiger partial charge in [-0.1, -0.05) is 86.8 Å². The van der Waals surface area contributed by atoms with E-state index in [4.69, 9.17) is 9.73 Å². The summed E-state index contributed by atoms with van der Waals surface area (Å²) < 4.78 is 5.45. The van der Waals surface area contributed by atoms with Gasteiger partial charge in [-0.2, -0.15) is 11.8 Å². The molecule has 0 spiro atoms. The number of unbranched alkanes of at least 4 members (excludes halogenated alkanes) is 1. The summed E-state index contributed by atoms with van der Waals surface area (Å²) in [5, 5.41) is 0. The number of nitrogens with zero attached hydrogens (tertiary/aromatic N) is 3. The minimum Gasteiger partial charge on any atom is -0.467 e. The number of rotatable bonds is 15. The topological polar surface area (TPSA) is 45.1 Å². The van der Waals surface area contributed by atoms with E-state index in [1.165, 1.54) is 50.3 Å². The van der Waals surface area contributed by atoms with Gasteiger partial charge in [0.1, 0.15) is 0 Å². The molecule has 2 aliphatic rings. The first-order valence-electron chi connectivity index (χ1n) is 15.7. The maximum atomic E-state index is 13.5. The second-order valence-electron chi connectivity index (χ2n) is 12.3.